The molecular weight excluding hydrogens is 385 g/mol. The number of nitrogens with one attached hydrogen (secondary N) is 1. The number of carbonyl (C=O) groups is 1. The molecule has 0 saturated heterocycles. The standard InChI is InChI=1S/C18H18Cl3NO3/c1-3-4-7-25-17-13(20)8-11(9-14(17)21)18(23)22-15-10-12(19)5-6-16(15)24-2/h5-6,8-10H,3-4,7H2,1-2H3,(H,22,23). The third kappa shape index (κ3) is 5.18. The number of rotatable bonds is 7. The number of amides is 1. The van der Waals surface area contributed by atoms with Crippen LogP contribution in [-0.2, 0) is 0 Å². The second-order valence-electron chi connectivity index (χ2n) is 5.27. The zero-order valence-corrected chi connectivity index (χ0v) is 16.1. The van der Waals surface area contributed by atoms with Crippen molar-refractivity contribution in [2.45, 2.75) is 19.8 Å². The van der Waals surface area contributed by atoms with E-state index in [0.717, 1.165) is 12.8 Å². The summed E-state index contributed by atoms with van der Waals surface area (Å²) in [6.07, 6.45) is 1.89. The molecule has 1 N–H and O–H groups in total. The van der Waals surface area contributed by atoms with Crippen molar-refractivity contribution in [2.75, 3.05) is 19.0 Å². The average Bonchev–Trinajstić information content (AvgIpc) is 2.57. The van der Waals surface area contributed by atoms with Gasteiger partial charge in [-0.25, -0.2) is 0 Å². The third-order valence-corrected chi connectivity index (χ3v) is 4.21. The molecule has 2 aromatic rings. The predicted octanol–water partition coefficient (Wildman–Crippen LogP) is 6.09. The number of ether oxygens (including phenoxy) is 2. The summed E-state index contributed by atoms with van der Waals surface area (Å²) in [6.45, 7) is 2.57. The molecule has 2 rings (SSSR count). The monoisotopic (exact) mass is 401 g/mol. The van der Waals surface area contributed by atoms with E-state index in [1.165, 1.54) is 19.2 Å². The van der Waals surface area contributed by atoms with Gasteiger partial charge in [0.05, 0.1) is 29.4 Å². The molecule has 134 valence electrons. The van der Waals surface area contributed by atoms with Crippen LogP contribution in [0.25, 0.3) is 0 Å². The highest BCUT2D eigenvalue weighted by Gasteiger charge is 2.16. The molecule has 0 aliphatic rings. The first kappa shape index (κ1) is 19.7. The lowest BCUT2D eigenvalue weighted by atomic mass is 10.2. The zero-order chi connectivity index (χ0) is 18.4. The van der Waals surface area contributed by atoms with Crippen LogP contribution in [0.1, 0.15) is 30.1 Å². The lowest BCUT2D eigenvalue weighted by molar-refractivity contribution is 0.102. The Labute approximate surface area is 162 Å². The molecule has 25 heavy (non-hydrogen) atoms. The van der Waals surface area contributed by atoms with Crippen LogP contribution in [-0.4, -0.2) is 19.6 Å². The van der Waals surface area contributed by atoms with E-state index in [2.05, 4.69) is 12.2 Å². The summed E-state index contributed by atoms with van der Waals surface area (Å²) >= 11 is 18.4. The molecule has 0 radical (unpaired) electrons. The third-order valence-electron chi connectivity index (χ3n) is 3.41. The number of hydrogen-bond donors (Lipinski definition) is 1. The van der Waals surface area contributed by atoms with Crippen LogP contribution in [0, 0.1) is 0 Å². The molecule has 0 spiro atoms. The van der Waals surface area contributed by atoms with Crippen LogP contribution in [0.4, 0.5) is 5.69 Å². The van der Waals surface area contributed by atoms with Gasteiger partial charge in [-0.2, -0.15) is 0 Å². The summed E-state index contributed by atoms with van der Waals surface area (Å²) in [6, 6.07) is 7.97. The van der Waals surface area contributed by atoms with Crippen molar-refractivity contribution in [3.63, 3.8) is 0 Å². The number of hydrogen-bond acceptors (Lipinski definition) is 3. The molecule has 0 fully saturated rings. The summed E-state index contributed by atoms with van der Waals surface area (Å²) in [5, 5.41) is 3.79. The van der Waals surface area contributed by atoms with Crippen LogP contribution >= 0.6 is 34.8 Å². The normalized spacial score (nSPS) is 10.4. The first-order valence-corrected chi connectivity index (χ1v) is 8.86. The highest BCUT2D eigenvalue weighted by atomic mass is 35.5. The lowest BCUT2D eigenvalue weighted by Crippen LogP contribution is -2.13. The Balaban J connectivity index is 2.21. The fourth-order valence-electron chi connectivity index (χ4n) is 2.12. The van der Waals surface area contributed by atoms with Crippen molar-refractivity contribution in [3.8, 4) is 11.5 Å². The Bertz CT molecular complexity index is 742. The van der Waals surface area contributed by atoms with Crippen molar-refractivity contribution in [2.24, 2.45) is 0 Å². The molecule has 2 aromatic carbocycles. The second kappa shape index (κ2) is 9.18. The van der Waals surface area contributed by atoms with E-state index >= 15 is 0 Å². The lowest BCUT2D eigenvalue weighted by Gasteiger charge is -2.13. The zero-order valence-electron chi connectivity index (χ0n) is 13.9. The molecule has 0 aliphatic carbocycles. The highest BCUT2D eigenvalue weighted by Crippen LogP contribution is 2.35. The number of anilines is 1. The largest absolute Gasteiger partial charge is 0.495 e. The molecule has 0 aromatic heterocycles. The van der Waals surface area contributed by atoms with Gasteiger partial charge in [0.25, 0.3) is 5.91 Å². The topological polar surface area (TPSA) is 47.6 Å². The van der Waals surface area contributed by atoms with Crippen molar-refractivity contribution in [3.05, 3.63) is 51.0 Å². The quantitative estimate of drug-likeness (QED) is 0.570. The van der Waals surface area contributed by atoms with Crippen molar-refractivity contribution >= 4 is 46.4 Å². The summed E-state index contributed by atoms with van der Waals surface area (Å²) in [4.78, 5) is 12.5. The van der Waals surface area contributed by atoms with E-state index in [0.29, 0.717) is 34.4 Å². The molecule has 1 amide bonds. The molecule has 0 heterocycles. The number of unbranched alkanes of at least 4 members (excludes halogenated alkanes) is 1. The van der Waals surface area contributed by atoms with Crippen molar-refractivity contribution in [1.29, 1.82) is 0 Å². The summed E-state index contributed by atoms with van der Waals surface area (Å²) < 4.78 is 10.8. The van der Waals surface area contributed by atoms with Crippen LogP contribution in [0.15, 0.2) is 30.3 Å². The Kier molecular flexibility index (Phi) is 7.24. The summed E-state index contributed by atoms with van der Waals surface area (Å²) in [7, 11) is 1.51. The van der Waals surface area contributed by atoms with Crippen LogP contribution in [0.2, 0.25) is 15.1 Å². The Morgan fingerprint density at radius 2 is 1.80 bits per heavy atom. The van der Waals surface area contributed by atoms with Gasteiger partial charge >= 0.3 is 0 Å². The summed E-state index contributed by atoms with van der Waals surface area (Å²) in [5.74, 6) is 0.493. The molecule has 0 unspecified atom stereocenters. The molecule has 0 atom stereocenters. The predicted molar refractivity (Wildman–Crippen MR) is 103 cm³/mol. The first-order valence-electron chi connectivity index (χ1n) is 7.73. The molecule has 0 saturated carbocycles. The number of methoxy groups -OCH3 is 1. The minimum atomic E-state index is -0.385. The molecular formula is C18H18Cl3NO3. The maximum atomic E-state index is 12.5. The van der Waals surface area contributed by atoms with Gasteiger partial charge in [0.15, 0.2) is 5.75 Å². The van der Waals surface area contributed by atoms with Crippen LogP contribution in [0.3, 0.4) is 0 Å². The molecule has 0 bridgehead atoms. The van der Waals surface area contributed by atoms with Crippen LogP contribution in [0.5, 0.6) is 11.5 Å². The van der Waals surface area contributed by atoms with Crippen LogP contribution < -0.4 is 14.8 Å². The van der Waals surface area contributed by atoms with E-state index in [4.69, 9.17) is 44.3 Å². The van der Waals surface area contributed by atoms with E-state index in [1.807, 2.05) is 0 Å². The Morgan fingerprint density at radius 1 is 1.12 bits per heavy atom. The molecule has 0 aliphatic heterocycles. The fraction of sp³-hybridized carbons (Fsp3) is 0.278. The van der Waals surface area contributed by atoms with Gasteiger partial charge in [-0.05, 0) is 36.8 Å². The summed E-state index contributed by atoms with van der Waals surface area (Å²) in [5.41, 5.74) is 0.760. The Morgan fingerprint density at radius 3 is 2.40 bits per heavy atom. The molecule has 7 heteroatoms. The number of carbonyl (C=O) groups excluding carboxylic acids is 1. The van der Waals surface area contributed by atoms with Gasteiger partial charge in [-0.1, -0.05) is 48.1 Å². The van der Waals surface area contributed by atoms with Crippen molar-refractivity contribution in [1.82, 2.24) is 0 Å². The minimum Gasteiger partial charge on any atom is -0.495 e. The molecule has 4 nitrogen and oxygen atoms in total. The fourth-order valence-corrected chi connectivity index (χ4v) is 2.89. The Hall–Kier alpha value is -1.62. The number of halogens is 3. The van der Waals surface area contributed by atoms with Crippen molar-refractivity contribution < 1.29 is 14.3 Å². The first-order chi connectivity index (χ1) is 12.0. The van der Waals surface area contributed by atoms with Gasteiger partial charge in [-0.15, -0.1) is 0 Å². The smallest absolute Gasteiger partial charge is 0.255 e. The van der Waals surface area contributed by atoms with E-state index < -0.39 is 0 Å². The van der Waals surface area contributed by atoms with Gasteiger partial charge in [-0.3, -0.25) is 4.79 Å². The van der Waals surface area contributed by atoms with Gasteiger partial charge < -0.3 is 14.8 Å². The number of benzene rings is 2. The van der Waals surface area contributed by atoms with Gasteiger partial charge in [0, 0.05) is 10.6 Å². The SMILES string of the molecule is CCCCOc1c(Cl)cc(C(=O)Nc2cc(Cl)ccc2OC)cc1Cl. The van der Waals surface area contributed by atoms with E-state index in [-0.39, 0.29) is 16.0 Å². The van der Waals surface area contributed by atoms with E-state index in [9.17, 15) is 4.79 Å². The van der Waals surface area contributed by atoms with Gasteiger partial charge in [0.1, 0.15) is 5.75 Å². The second-order valence-corrected chi connectivity index (χ2v) is 6.52. The maximum Gasteiger partial charge on any atom is 0.255 e. The van der Waals surface area contributed by atoms with E-state index in [1.54, 1.807) is 18.2 Å². The minimum absolute atomic E-state index is 0.284. The average molecular weight is 403 g/mol. The highest BCUT2D eigenvalue weighted by molar-refractivity contribution is 6.38. The van der Waals surface area contributed by atoms with Gasteiger partial charge in [0.2, 0.25) is 0 Å². The maximum absolute atomic E-state index is 12.5.